The molecular formula is C33H38N6O6S. The van der Waals surface area contributed by atoms with Crippen LogP contribution < -0.4 is 5.32 Å². The highest BCUT2D eigenvalue weighted by molar-refractivity contribution is 7.89. The van der Waals surface area contributed by atoms with Gasteiger partial charge < -0.3 is 24.6 Å². The second kappa shape index (κ2) is 15.2. The van der Waals surface area contributed by atoms with E-state index in [9.17, 15) is 23.1 Å². The molecule has 1 unspecified atom stereocenters. The third kappa shape index (κ3) is 8.43. The summed E-state index contributed by atoms with van der Waals surface area (Å²) in [5.41, 5.74) is 2.74. The second-order valence-electron chi connectivity index (χ2n) is 11.2. The number of carbonyl (C=O) groups excluding carboxylic acids is 2. The molecule has 0 radical (unpaired) electrons. The number of hydrogen-bond acceptors (Lipinski definition) is 10. The summed E-state index contributed by atoms with van der Waals surface area (Å²) in [7, 11) is -1.55. The molecule has 0 saturated carbocycles. The van der Waals surface area contributed by atoms with E-state index in [4.69, 9.17) is 4.42 Å². The minimum atomic E-state index is -3.61. The van der Waals surface area contributed by atoms with E-state index in [-0.39, 0.29) is 10.8 Å². The van der Waals surface area contributed by atoms with Crippen molar-refractivity contribution in [3.63, 3.8) is 0 Å². The first-order chi connectivity index (χ1) is 22.2. The Kier molecular flexibility index (Phi) is 10.9. The minimum absolute atomic E-state index is 0.00287. The number of carbonyl (C=O) groups is 2. The van der Waals surface area contributed by atoms with Crippen LogP contribution >= 0.6 is 0 Å². The number of aldehydes is 1. The lowest BCUT2D eigenvalue weighted by molar-refractivity contribution is 0.0632. The molecule has 2 aromatic carbocycles. The Balaban J connectivity index is 0.000000247. The maximum Gasteiger partial charge on any atom is 0.289 e. The van der Waals surface area contributed by atoms with Crippen LogP contribution in [-0.2, 0) is 10.0 Å². The zero-order valence-electron chi connectivity index (χ0n) is 25.7. The number of nitrogens with one attached hydrogen (secondary N) is 1. The van der Waals surface area contributed by atoms with Crippen LogP contribution in [-0.4, -0.2) is 102 Å². The molecule has 6 rings (SSSR count). The van der Waals surface area contributed by atoms with Gasteiger partial charge in [0, 0.05) is 62.3 Å². The van der Waals surface area contributed by atoms with Gasteiger partial charge in [-0.1, -0.05) is 12.1 Å². The van der Waals surface area contributed by atoms with E-state index in [0.717, 1.165) is 43.7 Å². The summed E-state index contributed by atoms with van der Waals surface area (Å²) in [6, 6.07) is 18.7. The molecule has 1 amide bonds. The zero-order valence-corrected chi connectivity index (χ0v) is 26.5. The molecule has 13 heteroatoms. The van der Waals surface area contributed by atoms with Gasteiger partial charge in [0.2, 0.25) is 16.0 Å². The first kappa shape index (κ1) is 32.9. The maximum absolute atomic E-state index is 13.0. The molecule has 0 aliphatic carbocycles. The van der Waals surface area contributed by atoms with Gasteiger partial charge in [0.25, 0.3) is 5.91 Å². The van der Waals surface area contributed by atoms with Crippen LogP contribution in [0.15, 0.2) is 88.5 Å². The van der Waals surface area contributed by atoms with E-state index in [1.807, 2.05) is 4.90 Å². The van der Waals surface area contributed by atoms with Crippen LogP contribution in [0.25, 0.3) is 11.3 Å². The summed E-state index contributed by atoms with van der Waals surface area (Å²) in [5, 5.41) is 12.9. The van der Waals surface area contributed by atoms with E-state index in [1.165, 1.54) is 10.6 Å². The SMILES string of the molecule is CN1CCN(C(=O)c2ccco2)CC1.O=Cc1ccc(Nc2nccc(-c3ccc(S(=O)(=O)N4CCCC(O)CC4)cc3)n2)cc1. The number of aromatic nitrogens is 2. The number of furan rings is 1. The average molecular weight is 647 g/mol. The van der Waals surface area contributed by atoms with E-state index in [0.29, 0.717) is 55.3 Å². The number of piperazine rings is 1. The number of amides is 1. The summed E-state index contributed by atoms with van der Waals surface area (Å²) in [5.74, 6) is 0.832. The van der Waals surface area contributed by atoms with Crippen LogP contribution in [0.5, 0.6) is 0 Å². The molecule has 4 aromatic rings. The lowest BCUT2D eigenvalue weighted by Gasteiger charge is -2.31. The molecule has 12 nitrogen and oxygen atoms in total. The standard InChI is InChI=1S/C23H24N4O4S.C10H14N2O2/c28-16-17-3-7-19(8-4-17)25-23-24-13-11-22(26-23)18-5-9-21(10-6-18)32(30,31)27-14-1-2-20(29)12-15-27;1-11-4-6-12(7-5-11)10(13)9-3-2-8-14-9/h3-11,13,16,20,29H,1-2,12,14-15H2,(H,24,25,26);2-3,8H,4-7H2,1H3. The van der Waals surface area contributed by atoms with Gasteiger partial charge in [-0.15, -0.1) is 0 Å². The van der Waals surface area contributed by atoms with Gasteiger partial charge in [0.05, 0.1) is 23.0 Å². The number of likely N-dealkylation sites (N-methyl/N-ethyl adjacent to an activating group) is 1. The van der Waals surface area contributed by atoms with Crippen LogP contribution in [0.1, 0.15) is 40.2 Å². The summed E-state index contributed by atoms with van der Waals surface area (Å²) in [6.45, 7) is 4.18. The number of rotatable bonds is 7. The quantitative estimate of drug-likeness (QED) is 0.283. The fourth-order valence-corrected chi connectivity index (χ4v) is 6.65. The van der Waals surface area contributed by atoms with Gasteiger partial charge >= 0.3 is 0 Å². The molecule has 0 bridgehead atoms. The zero-order chi connectivity index (χ0) is 32.5. The Labute approximate surface area is 268 Å². The van der Waals surface area contributed by atoms with Crippen molar-refractivity contribution < 1.29 is 27.5 Å². The molecule has 2 aliphatic heterocycles. The van der Waals surface area contributed by atoms with Crippen LogP contribution in [0.2, 0.25) is 0 Å². The second-order valence-corrected chi connectivity index (χ2v) is 13.2. The summed E-state index contributed by atoms with van der Waals surface area (Å²) < 4.78 is 32.5. The summed E-state index contributed by atoms with van der Waals surface area (Å²) in [4.78, 5) is 35.6. The molecule has 2 aliphatic rings. The van der Waals surface area contributed by atoms with Crippen LogP contribution in [0.3, 0.4) is 0 Å². The van der Waals surface area contributed by atoms with Crippen molar-refractivity contribution in [2.24, 2.45) is 0 Å². The highest BCUT2D eigenvalue weighted by Gasteiger charge is 2.27. The molecule has 242 valence electrons. The lowest BCUT2D eigenvalue weighted by atomic mass is 10.1. The van der Waals surface area contributed by atoms with E-state index in [2.05, 4.69) is 27.2 Å². The highest BCUT2D eigenvalue weighted by atomic mass is 32.2. The van der Waals surface area contributed by atoms with Crippen molar-refractivity contribution in [3.05, 3.63) is 90.5 Å². The molecule has 2 saturated heterocycles. The number of sulfonamides is 1. The molecule has 0 spiro atoms. The normalized spacial score (nSPS) is 17.8. The van der Waals surface area contributed by atoms with Gasteiger partial charge in [-0.2, -0.15) is 4.31 Å². The van der Waals surface area contributed by atoms with Gasteiger partial charge in [-0.05, 0) is 80.9 Å². The van der Waals surface area contributed by atoms with Crippen molar-refractivity contribution in [2.75, 3.05) is 51.6 Å². The number of aliphatic hydroxyl groups is 1. The predicted octanol–water partition coefficient (Wildman–Crippen LogP) is 3.90. The third-order valence-electron chi connectivity index (χ3n) is 7.93. The molecule has 2 N–H and O–H groups in total. The molecule has 4 heterocycles. The van der Waals surface area contributed by atoms with Crippen molar-refractivity contribution in [2.45, 2.75) is 30.3 Å². The Morgan fingerprint density at radius 3 is 2.37 bits per heavy atom. The Hall–Kier alpha value is -4.43. The third-order valence-corrected chi connectivity index (χ3v) is 9.84. The van der Waals surface area contributed by atoms with Crippen molar-refractivity contribution in [1.82, 2.24) is 24.1 Å². The van der Waals surface area contributed by atoms with Gasteiger partial charge in [0.1, 0.15) is 6.29 Å². The number of aliphatic hydroxyl groups excluding tert-OH is 1. The molecule has 2 aromatic heterocycles. The number of benzene rings is 2. The maximum atomic E-state index is 13.0. The Bertz CT molecular complexity index is 1690. The highest BCUT2D eigenvalue weighted by Crippen LogP contribution is 2.25. The topological polar surface area (TPSA) is 149 Å². The predicted molar refractivity (Wildman–Crippen MR) is 173 cm³/mol. The first-order valence-electron chi connectivity index (χ1n) is 15.2. The Morgan fingerprint density at radius 2 is 1.70 bits per heavy atom. The minimum Gasteiger partial charge on any atom is -0.459 e. The smallest absolute Gasteiger partial charge is 0.289 e. The fourth-order valence-electron chi connectivity index (χ4n) is 5.16. The molecule has 46 heavy (non-hydrogen) atoms. The van der Waals surface area contributed by atoms with Crippen molar-refractivity contribution in [1.29, 1.82) is 0 Å². The number of nitrogens with zero attached hydrogens (tertiary/aromatic N) is 5. The summed E-state index contributed by atoms with van der Waals surface area (Å²) in [6.07, 6.45) is 5.21. The van der Waals surface area contributed by atoms with E-state index in [1.54, 1.807) is 72.9 Å². The van der Waals surface area contributed by atoms with E-state index >= 15 is 0 Å². The molecular weight excluding hydrogens is 608 g/mol. The number of anilines is 2. The lowest BCUT2D eigenvalue weighted by Crippen LogP contribution is -2.47. The fraction of sp³-hybridized carbons (Fsp3) is 0.333. The summed E-state index contributed by atoms with van der Waals surface area (Å²) >= 11 is 0. The van der Waals surface area contributed by atoms with Crippen molar-refractivity contribution in [3.8, 4) is 11.3 Å². The first-order valence-corrected chi connectivity index (χ1v) is 16.6. The van der Waals surface area contributed by atoms with Gasteiger partial charge in [0.15, 0.2) is 5.76 Å². The van der Waals surface area contributed by atoms with Gasteiger partial charge in [-0.25, -0.2) is 18.4 Å². The van der Waals surface area contributed by atoms with Gasteiger partial charge in [-0.3, -0.25) is 9.59 Å². The molecule has 1 atom stereocenters. The largest absolute Gasteiger partial charge is 0.459 e. The van der Waals surface area contributed by atoms with Crippen LogP contribution in [0.4, 0.5) is 11.6 Å². The van der Waals surface area contributed by atoms with Crippen molar-refractivity contribution >= 4 is 33.9 Å². The van der Waals surface area contributed by atoms with Crippen LogP contribution in [0, 0.1) is 0 Å². The Morgan fingerprint density at radius 1 is 0.957 bits per heavy atom. The van der Waals surface area contributed by atoms with E-state index < -0.39 is 16.1 Å². The molecule has 2 fully saturated rings. The monoisotopic (exact) mass is 646 g/mol. The number of hydrogen-bond donors (Lipinski definition) is 2. The average Bonchev–Trinajstić information content (AvgIpc) is 3.53.